The standard InChI is InChI=1S/C17H22N2O/c1-17(2,3)13-6-8-15(9-7-13)19-16(12-4-5-12)10-14(11-20)18-19/h6-10,12,20H,4-5,11H2,1-3H3. The zero-order chi connectivity index (χ0) is 14.3. The molecule has 3 heteroatoms. The van der Waals surface area contributed by atoms with Gasteiger partial charge < -0.3 is 5.11 Å². The van der Waals surface area contributed by atoms with Crippen molar-refractivity contribution in [2.45, 2.75) is 51.6 Å². The van der Waals surface area contributed by atoms with E-state index in [-0.39, 0.29) is 12.0 Å². The second-order valence-corrected chi connectivity index (χ2v) is 6.70. The quantitative estimate of drug-likeness (QED) is 0.926. The van der Waals surface area contributed by atoms with Gasteiger partial charge in [-0.3, -0.25) is 0 Å². The van der Waals surface area contributed by atoms with E-state index in [0.717, 1.165) is 11.4 Å². The average molecular weight is 270 g/mol. The normalized spacial score (nSPS) is 15.6. The van der Waals surface area contributed by atoms with Gasteiger partial charge in [0.2, 0.25) is 0 Å². The largest absolute Gasteiger partial charge is 0.390 e. The Balaban J connectivity index is 1.98. The Morgan fingerprint density at radius 2 is 1.85 bits per heavy atom. The number of rotatable bonds is 3. The first kappa shape index (κ1) is 13.4. The van der Waals surface area contributed by atoms with Crippen LogP contribution in [0.25, 0.3) is 5.69 Å². The minimum atomic E-state index is 0.00674. The Morgan fingerprint density at radius 3 is 2.35 bits per heavy atom. The van der Waals surface area contributed by atoms with Crippen LogP contribution in [0, 0.1) is 0 Å². The molecule has 0 saturated heterocycles. The molecule has 0 unspecified atom stereocenters. The number of aliphatic hydroxyl groups excluding tert-OH is 1. The molecule has 1 heterocycles. The maximum atomic E-state index is 9.30. The fourth-order valence-corrected chi connectivity index (χ4v) is 2.50. The molecule has 0 atom stereocenters. The van der Waals surface area contributed by atoms with E-state index in [9.17, 15) is 5.11 Å². The van der Waals surface area contributed by atoms with Crippen LogP contribution >= 0.6 is 0 Å². The van der Waals surface area contributed by atoms with E-state index in [0.29, 0.717) is 5.92 Å². The molecule has 1 aromatic heterocycles. The SMILES string of the molecule is CC(C)(C)c1ccc(-n2nc(CO)cc2C2CC2)cc1. The van der Waals surface area contributed by atoms with Crippen molar-refractivity contribution in [3.63, 3.8) is 0 Å². The maximum absolute atomic E-state index is 9.30. The lowest BCUT2D eigenvalue weighted by Gasteiger charge is -2.19. The van der Waals surface area contributed by atoms with Gasteiger partial charge in [-0.05, 0) is 42.0 Å². The average Bonchev–Trinajstić information content (AvgIpc) is 3.17. The monoisotopic (exact) mass is 270 g/mol. The predicted octanol–water partition coefficient (Wildman–Crippen LogP) is 3.54. The number of benzene rings is 1. The summed E-state index contributed by atoms with van der Waals surface area (Å²) in [5.74, 6) is 0.616. The second kappa shape index (κ2) is 4.74. The van der Waals surface area contributed by atoms with Crippen molar-refractivity contribution in [3.8, 4) is 5.69 Å². The molecule has 0 bridgehead atoms. The number of hydrogen-bond acceptors (Lipinski definition) is 2. The Morgan fingerprint density at radius 1 is 1.20 bits per heavy atom. The molecular weight excluding hydrogens is 248 g/mol. The van der Waals surface area contributed by atoms with E-state index in [1.165, 1.54) is 24.1 Å². The molecule has 1 aliphatic rings. The summed E-state index contributed by atoms with van der Waals surface area (Å²) in [6.45, 7) is 6.66. The molecule has 0 spiro atoms. The number of hydrogen-bond donors (Lipinski definition) is 1. The molecule has 3 nitrogen and oxygen atoms in total. The third kappa shape index (κ3) is 2.50. The predicted molar refractivity (Wildman–Crippen MR) is 80.2 cm³/mol. The zero-order valence-electron chi connectivity index (χ0n) is 12.4. The minimum absolute atomic E-state index is 0.00674. The summed E-state index contributed by atoms with van der Waals surface area (Å²) in [6.07, 6.45) is 2.47. The number of aliphatic hydroxyl groups is 1. The Bertz CT molecular complexity index is 601. The van der Waals surface area contributed by atoms with Crippen LogP contribution in [0.4, 0.5) is 0 Å². The minimum Gasteiger partial charge on any atom is -0.390 e. The van der Waals surface area contributed by atoms with Crippen molar-refractivity contribution in [1.29, 1.82) is 0 Å². The van der Waals surface area contributed by atoms with E-state index in [4.69, 9.17) is 0 Å². The fourth-order valence-electron chi connectivity index (χ4n) is 2.50. The van der Waals surface area contributed by atoms with Crippen molar-refractivity contribution in [2.24, 2.45) is 0 Å². The highest BCUT2D eigenvalue weighted by molar-refractivity contribution is 5.39. The summed E-state index contributed by atoms with van der Waals surface area (Å²) in [7, 11) is 0. The van der Waals surface area contributed by atoms with E-state index >= 15 is 0 Å². The van der Waals surface area contributed by atoms with Crippen LogP contribution in [-0.4, -0.2) is 14.9 Å². The number of nitrogens with zero attached hydrogens (tertiary/aromatic N) is 2. The Kier molecular flexibility index (Phi) is 3.17. The van der Waals surface area contributed by atoms with Gasteiger partial charge in [0.15, 0.2) is 0 Å². The van der Waals surface area contributed by atoms with Crippen LogP contribution in [0.15, 0.2) is 30.3 Å². The topological polar surface area (TPSA) is 38.0 Å². The van der Waals surface area contributed by atoms with Crippen LogP contribution in [0.1, 0.15) is 56.5 Å². The van der Waals surface area contributed by atoms with Gasteiger partial charge in [0.1, 0.15) is 0 Å². The summed E-state index contributed by atoms with van der Waals surface area (Å²) in [6, 6.07) is 10.6. The highest BCUT2D eigenvalue weighted by Gasteiger charge is 2.28. The molecule has 0 amide bonds. The van der Waals surface area contributed by atoms with Gasteiger partial charge in [0, 0.05) is 11.6 Å². The molecule has 2 aromatic rings. The summed E-state index contributed by atoms with van der Waals surface area (Å²) < 4.78 is 2.00. The van der Waals surface area contributed by atoms with Crippen LogP contribution < -0.4 is 0 Å². The van der Waals surface area contributed by atoms with Gasteiger partial charge in [0.05, 0.1) is 18.0 Å². The summed E-state index contributed by atoms with van der Waals surface area (Å²) in [5.41, 5.74) is 4.56. The third-order valence-corrected chi connectivity index (χ3v) is 3.92. The second-order valence-electron chi connectivity index (χ2n) is 6.70. The van der Waals surface area contributed by atoms with Gasteiger partial charge in [0.25, 0.3) is 0 Å². The van der Waals surface area contributed by atoms with Gasteiger partial charge in [-0.25, -0.2) is 4.68 Å². The zero-order valence-corrected chi connectivity index (χ0v) is 12.4. The van der Waals surface area contributed by atoms with Crippen molar-refractivity contribution in [3.05, 3.63) is 47.3 Å². The van der Waals surface area contributed by atoms with E-state index in [1.54, 1.807) is 0 Å². The highest BCUT2D eigenvalue weighted by atomic mass is 16.3. The Hall–Kier alpha value is -1.61. The van der Waals surface area contributed by atoms with Gasteiger partial charge >= 0.3 is 0 Å². The lowest BCUT2D eigenvalue weighted by atomic mass is 9.87. The summed E-state index contributed by atoms with van der Waals surface area (Å²) in [5, 5.41) is 13.8. The molecule has 0 radical (unpaired) electrons. The number of aromatic nitrogens is 2. The van der Waals surface area contributed by atoms with E-state index < -0.39 is 0 Å². The smallest absolute Gasteiger partial charge is 0.0886 e. The van der Waals surface area contributed by atoms with Crippen LogP contribution in [-0.2, 0) is 12.0 Å². The van der Waals surface area contributed by atoms with Crippen LogP contribution in [0.5, 0.6) is 0 Å². The van der Waals surface area contributed by atoms with Crippen LogP contribution in [0.3, 0.4) is 0 Å². The molecule has 1 N–H and O–H groups in total. The lowest BCUT2D eigenvalue weighted by Crippen LogP contribution is -2.11. The molecule has 3 rings (SSSR count). The fraction of sp³-hybridized carbons (Fsp3) is 0.471. The summed E-state index contributed by atoms with van der Waals surface area (Å²) >= 11 is 0. The molecule has 106 valence electrons. The first-order chi connectivity index (χ1) is 9.49. The Labute approximate surface area is 120 Å². The molecular formula is C17H22N2O. The van der Waals surface area contributed by atoms with Gasteiger partial charge in [-0.1, -0.05) is 32.9 Å². The molecule has 0 aliphatic heterocycles. The third-order valence-electron chi connectivity index (χ3n) is 3.92. The molecule has 1 fully saturated rings. The van der Waals surface area contributed by atoms with E-state index in [1.807, 2.05) is 10.7 Å². The maximum Gasteiger partial charge on any atom is 0.0886 e. The molecule has 1 saturated carbocycles. The van der Waals surface area contributed by atoms with Crippen molar-refractivity contribution in [1.82, 2.24) is 9.78 Å². The van der Waals surface area contributed by atoms with Crippen molar-refractivity contribution in [2.75, 3.05) is 0 Å². The molecule has 1 aliphatic carbocycles. The van der Waals surface area contributed by atoms with Crippen molar-refractivity contribution < 1.29 is 5.11 Å². The molecule has 1 aromatic carbocycles. The first-order valence-corrected chi connectivity index (χ1v) is 7.29. The van der Waals surface area contributed by atoms with E-state index in [2.05, 4.69) is 50.1 Å². The summed E-state index contributed by atoms with van der Waals surface area (Å²) in [4.78, 5) is 0. The highest BCUT2D eigenvalue weighted by Crippen LogP contribution is 2.41. The van der Waals surface area contributed by atoms with Crippen LogP contribution in [0.2, 0.25) is 0 Å². The van der Waals surface area contributed by atoms with Gasteiger partial charge in [-0.15, -0.1) is 0 Å². The molecule has 20 heavy (non-hydrogen) atoms. The van der Waals surface area contributed by atoms with Gasteiger partial charge in [-0.2, -0.15) is 5.10 Å². The first-order valence-electron chi connectivity index (χ1n) is 7.29. The van der Waals surface area contributed by atoms with Crippen molar-refractivity contribution >= 4 is 0 Å². The lowest BCUT2D eigenvalue weighted by molar-refractivity contribution is 0.276.